The number of nitrogens with zero attached hydrogens (tertiary/aromatic N) is 1. The molecule has 2 unspecified atom stereocenters. The molecule has 5 nitrogen and oxygen atoms in total. The number of carboxylic acid groups (broad SMARTS) is 1. The minimum Gasteiger partial charge on any atom is -0.481 e. The molecule has 1 saturated heterocycles. The molecular weight excluding hydrogens is 290 g/mol. The van der Waals surface area contributed by atoms with Crippen LogP contribution in [0.2, 0.25) is 0 Å². The highest BCUT2D eigenvalue weighted by Crippen LogP contribution is 2.24. The summed E-state index contributed by atoms with van der Waals surface area (Å²) in [6, 6.07) is 5.31. The van der Waals surface area contributed by atoms with Gasteiger partial charge in [0, 0.05) is 17.5 Å². The van der Waals surface area contributed by atoms with Crippen LogP contribution < -0.4 is 0 Å². The predicted molar refractivity (Wildman–Crippen MR) is 80.8 cm³/mol. The lowest BCUT2D eigenvalue weighted by atomic mass is 10.0. The summed E-state index contributed by atoms with van der Waals surface area (Å²) in [5.41, 5.74) is 1.50. The van der Waals surface area contributed by atoms with Gasteiger partial charge in [-0.2, -0.15) is 0 Å². The second-order valence-corrected chi connectivity index (χ2v) is 6.03. The van der Waals surface area contributed by atoms with Gasteiger partial charge in [-0.3, -0.25) is 9.59 Å². The number of aliphatic carboxylic acids is 1. The third-order valence-corrected chi connectivity index (χ3v) is 4.59. The van der Waals surface area contributed by atoms with Gasteiger partial charge in [-0.1, -0.05) is 6.07 Å². The minimum absolute atomic E-state index is 0.154. The van der Waals surface area contributed by atoms with E-state index >= 15 is 0 Å². The summed E-state index contributed by atoms with van der Waals surface area (Å²) in [4.78, 5) is 26.4. The van der Waals surface area contributed by atoms with E-state index in [4.69, 9.17) is 4.74 Å². The van der Waals surface area contributed by atoms with Crippen molar-refractivity contribution >= 4 is 23.6 Å². The van der Waals surface area contributed by atoms with Crippen LogP contribution in [0.25, 0.3) is 0 Å². The van der Waals surface area contributed by atoms with E-state index in [1.165, 1.54) is 4.90 Å². The Balaban J connectivity index is 2.25. The first-order valence-corrected chi connectivity index (χ1v) is 7.90. The third-order valence-electron chi connectivity index (χ3n) is 3.86. The van der Waals surface area contributed by atoms with Crippen LogP contribution in [-0.4, -0.2) is 54.4 Å². The summed E-state index contributed by atoms with van der Waals surface area (Å²) in [5.74, 6) is -1.75. The number of rotatable bonds is 4. The van der Waals surface area contributed by atoms with E-state index in [1.807, 2.05) is 31.4 Å². The van der Waals surface area contributed by atoms with Crippen molar-refractivity contribution in [3.8, 4) is 0 Å². The average Bonchev–Trinajstić information content (AvgIpc) is 2.96. The summed E-state index contributed by atoms with van der Waals surface area (Å²) in [6.07, 6.45) is 1.95. The Morgan fingerprint density at radius 1 is 1.38 bits per heavy atom. The quantitative estimate of drug-likeness (QED) is 0.860. The summed E-state index contributed by atoms with van der Waals surface area (Å²) in [5, 5.41) is 9.20. The maximum Gasteiger partial charge on any atom is 0.311 e. The van der Waals surface area contributed by atoms with Gasteiger partial charge in [-0.05, 0) is 30.9 Å². The summed E-state index contributed by atoms with van der Waals surface area (Å²) in [7, 11) is 1.64. The van der Waals surface area contributed by atoms with Gasteiger partial charge in [0.05, 0.1) is 19.3 Å². The fourth-order valence-electron chi connectivity index (χ4n) is 2.46. The predicted octanol–water partition coefficient (Wildman–Crippen LogP) is 1.89. The first kappa shape index (κ1) is 15.9. The number of carboxylic acids is 1. The molecular formula is C15H19NO4S. The van der Waals surface area contributed by atoms with E-state index in [0.717, 1.165) is 10.5 Å². The third kappa shape index (κ3) is 3.22. The Kier molecular flexibility index (Phi) is 4.90. The van der Waals surface area contributed by atoms with Gasteiger partial charge in [-0.25, -0.2) is 0 Å². The van der Waals surface area contributed by atoms with Crippen LogP contribution in [0, 0.1) is 12.8 Å². The molecule has 0 aliphatic carbocycles. The van der Waals surface area contributed by atoms with Crippen molar-refractivity contribution < 1.29 is 19.4 Å². The second kappa shape index (κ2) is 6.49. The van der Waals surface area contributed by atoms with E-state index in [2.05, 4.69) is 0 Å². The van der Waals surface area contributed by atoms with E-state index in [9.17, 15) is 14.7 Å². The molecule has 2 atom stereocenters. The van der Waals surface area contributed by atoms with Crippen molar-refractivity contribution in [1.29, 1.82) is 0 Å². The Bertz CT molecular complexity index is 561. The summed E-state index contributed by atoms with van der Waals surface area (Å²) >= 11 is 1.57. The van der Waals surface area contributed by atoms with Crippen molar-refractivity contribution in [1.82, 2.24) is 4.90 Å². The largest absolute Gasteiger partial charge is 0.481 e. The summed E-state index contributed by atoms with van der Waals surface area (Å²) in [6.45, 7) is 2.30. The van der Waals surface area contributed by atoms with Crippen LogP contribution in [0.4, 0.5) is 0 Å². The lowest BCUT2D eigenvalue weighted by Gasteiger charge is -2.27. The van der Waals surface area contributed by atoms with Gasteiger partial charge < -0.3 is 14.7 Å². The van der Waals surface area contributed by atoms with Crippen molar-refractivity contribution in [3.63, 3.8) is 0 Å². The van der Waals surface area contributed by atoms with E-state index in [1.54, 1.807) is 18.8 Å². The smallest absolute Gasteiger partial charge is 0.311 e. The Morgan fingerprint density at radius 3 is 2.71 bits per heavy atom. The van der Waals surface area contributed by atoms with Gasteiger partial charge in [0.15, 0.2) is 0 Å². The number of ether oxygens (including phenoxy) is 1. The molecule has 0 radical (unpaired) electrons. The van der Waals surface area contributed by atoms with Gasteiger partial charge >= 0.3 is 5.97 Å². The molecule has 1 aromatic carbocycles. The first-order valence-electron chi connectivity index (χ1n) is 6.68. The second-order valence-electron chi connectivity index (χ2n) is 5.15. The molecule has 21 heavy (non-hydrogen) atoms. The molecule has 1 aliphatic rings. The van der Waals surface area contributed by atoms with Crippen molar-refractivity contribution in [2.75, 3.05) is 26.5 Å². The molecule has 114 valence electrons. The highest BCUT2D eigenvalue weighted by atomic mass is 32.2. The van der Waals surface area contributed by atoms with Crippen LogP contribution in [0.15, 0.2) is 23.1 Å². The Morgan fingerprint density at radius 2 is 2.10 bits per heavy atom. The van der Waals surface area contributed by atoms with Crippen molar-refractivity contribution in [2.24, 2.45) is 5.92 Å². The maximum atomic E-state index is 12.7. The normalized spacial score (nSPS) is 21.3. The van der Waals surface area contributed by atoms with Gasteiger partial charge in [0.1, 0.15) is 5.92 Å². The van der Waals surface area contributed by atoms with Crippen LogP contribution in [0.5, 0.6) is 0 Å². The molecule has 0 spiro atoms. The Labute approximate surface area is 128 Å². The molecule has 1 amide bonds. The molecule has 1 aliphatic heterocycles. The van der Waals surface area contributed by atoms with Crippen molar-refractivity contribution in [2.45, 2.75) is 17.9 Å². The molecule has 0 bridgehead atoms. The van der Waals surface area contributed by atoms with Gasteiger partial charge in [0.25, 0.3) is 5.91 Å². The number of thioether (sulfide) groups is 1. The maximum absolute atomic E-state index is 12.7. The number of hydrogen-bond donors (Lipinski definition) is 1. The molecule has 0 saturated carbocycles. The minimum atomic E-state index is -0.924. The topological polar surface area (TPSA) is 66.8 Å². The lowest BCUT2D eigenvalue weighted by Crippen LogP contribution is -2.44. The van der Waals surface area contributed by atoms with Crippen LogP contribution in [0.3, 0.4) is 0 Å². The number of hydrogen-bond acceptors (Lipinski definition) is 4. The number of carbonyl (C=O) groups is 2. The summed E-state index contributed by atoms with van der Waals surface area (Å²) < 4.78 is 5.23. The van der Waals surface area contributed by atoms with Gasteiger partial charge in [-0.15, -0.1) is 11.8 Å². The van der Waals surface area contributed by atoms with E-state index in [-0.39, 0.29) is 19.1 Å². The standard InChI is InChI=1S/C15H19NO4S/c1-9-4-5-10(21-3)6-11(9)14(17)16(2)13-8-20-7-12(13)15(18)19/h4-6,12-13H,7-8H2,1-3H3,(H,18,19). The lowest BCUT2D eigenvalue weighted by molar-refractivity contribution is -0.142. The molecule has 1 fully saturated rings. The van der Waals surface area contributed by atoms with Crippen LogP contribution in [-0.2, 0) is 9.53 Å². The SMILES string of the molecule is CSc1ccc(C)c(C(=O)N(C)C2COCC2C(=O)O)c1. The number of likely N-dealkylation sites (N-methyl/N-ethyl adjacent to an activating group) is 1. The fraction of sp³-hybridized carbons (Fsp3) is 0.467. The molecule has 0 aromatic heterocycles. The zero-order chi connectivity index (χ0) is 15.6. The van der Waals surface area contributed by atoms with Gasteiger partial charge in [0.2, 0.25) is 0 Å². The Hall–Kier alpha value is -1.53. The van der Waals surface area contributed by atoms with Crippen molar-refractivity contribution in [3.05, 3.63) is 29.3 Å². The monoisotopic (exact) mass is 309 g/mol. The molecule has 6 heteroatoms. The molecule has 1 N–H and O–H groups in total. The van der Waals surface area contributed by atoms with Crippen LogP contribution in [0.1, 0.15) is 15.9 Å². The van der Waals surface area contributed by atoms with E-state index < -0.39 is 17.9 Å². The highest BCUT2D eigenvalue weighted by Gasteiger charge is 2.38. The zero-order valence-corrected chi connectivity index (χ0v) is 13.1. The fourth-order valence-corrected chi connectivity index (χ4v) is 2.90. The number of amides is 1. The molecule has 1 heterocycles. The number of carbonyl (C=O) groups excluding carboxylic acids is 1. The molecule has 2 rings (SSSR count). The van der Waals surface area contributed by atoms with E-state index in [0.29, 0.717) is 5.56 Å². The number of benzene rings is 1. The zero-order valence-electron chi connectivity index (χ0n) is 12.3. The number of aryl methyl sites for hydroxylation is 1. The van der Waals surface area contributed by atoms with Crippen LogP contribution >= 0.6 is 11.8 Å². The first-order chi connectivity index (χ1) is 9.95. The highest BCUT2D eigenvalue weighted by molar-refractivity contribution is 7.98. The average molecular weight is 309 g/mol. The molecule has 1 aromatic rings.